The van der Waals surface area contributed by atoms with Crippen molar-refractivity contribution >= 4 is 11.8 Å². The molecular weight excluding hydrogens is 306 g/mol. The molecule has 0 aromatic carbocycles. The lowest BCUT2D eigenvalue weighted by molar-refractivity contribution is 0.0696. The summed E-state index contributed by atoms with van der Waals surface area (Å²) in [6.07, 6.45) is 4.41. The number of carbonyl (C=O) groups is 1. The molecule has 0 amide bonds. The molecule has 4 rings (SSSR count). The zero-order valence-corrected chi connectivity index (χ0v) is 12.1. The molecule has 2 fully saturated rings. The molecule has 1 saturated carbocycles. The number of aromatic nitrogens is 3. The van der Waals surface area contributed by atoms with Crippen molar-refractivity contribution in [3.8, 4) is 0 Å². The van der Waals surface area contributed by atoms with Crippen molar-refractivity contribution in [3.63, 3.8) is 0 Å². The van der Waals surface area contributed by atoms with E-state index in [1.54, 1.807) is 12.3 Å². The van der Waals surface area contributed by atoms with Gasteiger partial charge in [0.25, 0.3) is 5.92 Å². The maximum absolute atomic E-state index is 13.2. The van der Waals surface area contributed by atoms with Crippen molar-refractivity contribution < 1.29 is 18.7 Å². The Morgan fingerprint density at radius 1 is 1.30 bits per heavy atom. The average Bonchev–Trinajstić information content (AvgIpc) is 2.99. The van der Waals surface area contributed by atoms with Gasteiger partial charge in [-0.15, -0.1) is 0 Å². The van der Waals surface area contributed by atoms with Crippen LogP contribution in [0.2, 0.25) is 0 Å². The van der Waals surface area contributed by atoms with E-state index in [2.05, 4.69) is 10.1 Å². The van der Waals surface area contributed by atoms with Gasteiger partial charge in [0.05, 0.1) is 30.1 Å². The van der Waals surface area contributed by atoms with E-state index in [0.717, 1.165) is 5.56 Å². The number of hydrogen-bond donors (Lipinski definition) is 1. The zero-order valence-electron chi connectivity index (χ0n) is 12.1. The van der Waals surface area contributed by atoms with E-state index in [-0.39, 0.29) is 5.56 Å². The minimum absolute atomic E-state index is 0.131. The lowest BCUT2D eigenvalue weighted by Crippen LogP contribution is -2.28. The first-order valence-corrected chi connectivity index (χ1v) is 7.28. The normalized spacial score (nSPS) is 24.5. The molecule has 120 valence electrons. The minimum Gasteiger partial charge on any atom is -0.478 e. The number of halogens is 2. The second-order valence-electron chi connectivity index (χ2n) is 6.05. The summed E-state index contributed by atoms with van der Waals surface area (Å²) in [5.41, 5.74) is 0.996. The van der Waals surface area contributed by atoms with Crippen LogP contribution in [0.25, 0.3) is 0 Å². The van der Waals surface area contributed by atoms with Gasteiger partial charge in [-0.3, -0.25) is 4.68 Å². The Hall–Kier alpha value is -2.51. The summed E-state index contributed by atoms with van der Waals surface area (Å²) < 4.78 is 27.9. The molecule has 2 atom stereocenters. The topological polar surface area (TPSA) is 71.2 Å². The van der Waals surface area contributed by atoms with E-state index >= 15 is 0 Å². The van der Waals surface area contributed by atoms with Crippen molar-refractivity contribution in [2.24, 2.45) is 11.8 Å². The zero-order chi connectivity index (χ0) is 16.2. The van der Waals surface area contributed by atoms with Crippen LogP contribution in [0.1, 0.15) is 15.9 Å². The van der Waals surface area contributed by atoms with Crippen molar-refractivity contribution in [2.75, 3.05) is 18.0 Å². The number of fused-ring (bicyclic) bond motifs is 1. The van der Waals surface area contributed by atoms with Gasteiger partial charge in [0.2, 0.25) is 0 Å². The predicted octanol–water partition coefficient (Wildman–Crippen LogP) is 1.73. The quantitative estimate of drug-likeness (QED) is 0.929. The number of carboxylic acid groups (broad SMARTS) is 1. The van der Waals surface area contributed by atoms with Crippen molar-refractivity contribution in [3.05, 3.63) is 41.9 Å². The fourth-order valence-corrected chi connectivity index (χ4v) is 3.14. The number of aromatic carboxylic acids is 1. The van der Waals surface area contributed by atoms with Gasteiger partial charge in [-0.1, -0.05) is 6.07 Å². The van der Waals surface area contributed by atoms with Crippen LogP contribution >= 0.6 is 0 Å². The van der Waals surface area contributed by atoms with E-state index in [9.17, 15) is 13.6 Å². The summed E-state index contributed by atoms with van der Waals surface area (Å²) >= 11 is 0. The van der Waals surface area contributed by atoms with Crippen LogP contribution in [0.5, 0.6) is 0 Å². The molecule has 2 aromatic heterocycles. The molecule has 1 unspecified atom stereocenters. The van der Waals surface area contributed by atoms with Crippen LogP contribution in [0.3, 0.4) is 0 Å². The Balaban J connectivity index is 1.41. The second kappa shape index (κ2) is 4.74. The number of anilines is 1. The van der Waals surface area contributed by atoms with Crippen LogP contribution in [-0.4, -0.2) is 44.9 Å². The van der Waals surface area contributed by atoms with Crippen molar-refractivity contribution in [1.82, 2.24) is 14.8 Å². The number of hydrogen-bond acceptors (Lipinski definition) is 4. The lowest BCUT2D eigenvalue weighted by atomic mass is 10.2. The monoisotopic (exact) mass is 320 g/mol. The average molecular weight is 320 g/mol. The molecule has 0 radical (unpaired) electrons. The maximum Gasteiger partial charge on any atom is 0.338 e. The Kier molecular flexibility index (Phi) is 2.91. The van der Waals surface area contributed by atoms with E-state index in [1.807, 2.05) is 11.0 Å². The highest BCUT2D eigenvalue weighted by Gasteiger charge is 2.71. The summed E-state index contributed by atoms with van der Waals surface area (Å²) in [5, 5.41) is 12.8. The first-order chi connectivity index (χ1) is 10.9. The highest BCUT2D eigenvalue weighted by Crippen LogP contribution is 2.59. The van der Waals surface area contributed by atoms with Crippen molar-refractivity contribution in [2.45, 2.75) is 12.5 Å². The molecule has 0 bridgehead atoms. The molecule has 3 heterocycles. The van der Waals surface area contributed by atoms with Crippen LogP contribution in [0.15, 0.2) is 30.7 Å². The van der Waals surface area contributed by atoms with Gasteiger partial charge in [0, 0.05) is 25.5 Å². The molecule has 6 nitrogen and oxygen atoms in total. The number of rotatable bonds is 4. The van der Waals surface area contributed by atoms with E-state index in [0.29, 0.717) is 25.5 Å². The second-order valence-corrected chi connectivity index (χ2v) is 6.05. The van der Waals surface area contributed by atoms with Gasteiger partial charge < -0.3 is 10.0 Å². The fraction of sp³-hybridized carbons (Fsp3) is 0.400. The third kappa shape index (κ3) is 2.34. The summed E-state index contributed by atoms with van der Waals surface area (Å²) in [6.45, 7) is 1.11. The molecule has 1 aliphatic carbocycles. The number of nitrogens with zero attached hydrogens (tertiary/aromatic N) is 4. The van der Waals surface area contributed by atoms with Gasteiger partial charge in [-0.05, 0) is 11.6 Å². The molecule has 1 aliphatic heterocycles. The summed E-state index contributed by atoms with van der Waals surface area (Å²) in [6, 6.07) is 3.66. The number of piperidine rings is 1. The summed E-state index contributed by atoms with van der Waals surface area (Å²) in [4.78, 5) is 17.0. The maximum atomic E-state index is 13.2. The van der Waals surface area contributed by atoms with Crippen LogP contribution < -0.4 is 4.90 Å². The fourth-order valence-electron chi connectivity index (χ4n) is 3.14. The van der Waals surface area contributed by atoms with E-state index in [4.69, 9.17) is 5.11 Å². The molecule has 2 aliphatic rings. The highest BCUT2D eigenvalue weighted by molar-refractivity contribution is 5.86. The third-order valence-corrected chi connectivity index (χ3v) is 4.56. The van der Waals surface area contributed by atoms with E-state index < -0.39 is 23.7 Å². The Morgan fingerprint density at radius 3 is 2.61 bits per heavy atom. The number of carboxylic acids is 1. The molecule has 1 saturated heterocycles. The molecule has 1 N–H and O–H groups in total. The van der Waals surface area contributed by atoms with Gasteiger partial charge >= 0.3 is 5.97 Å². The van der Waals surface area contributed by atoms with Crippen LogP contribution in [0, 0.1) is 11.8 Å². The number of pyridine rings is 1. The number of alkyl halides is 2. The van der Waals surface area contributed by atoms with Gasteiger partial charge in [0.1, 0.15) is 5.82 Å². The smallest absolute Gasteiger partial charge is 0.338 e. The van der Waals surface area contributed by atoms with Crippen LogP contribution in [-0.2, 0) is 6.54 Å². The Morgan fingerprint density at radius 2 is 2.04 bits per heavy atom. The molecular formula is C15H14F2N4O2. The SMILES string of the molecule is O=C(O)c1cnn(Cc2ccc(N3CC4[C@H](C3)C4(F)F)nc2)c1. The minimum atomic E-state index is -2.49. The van der Waals surface area contributed by atoms with Gasteiger partial charge in [0.15, 0.2) is 0 Å². The third-order valence-electron chi connectivity index (χ3n) is 4.56. The van der Waals surface area contributed by atoms with Crippen molar-refractivity contribution in [1.29, 1.82) is 0 Å². The predicted molar refractivity (Wildman–Crippen MR) is 76.7 cm³/mol. The van der Waals surface area contributed by atoms with Gasteiger partial charge in [-0.2, -0.15) is 5.10 Å². The first kappa shape index (κ1) is 14.1. The molecule has 23 heavy (non-hydrogen) atoms. The summed E-state index contributed by atoms with van der Waals surface area (Å²) in [5.74, 6) is -3.86. The van der Waals surface area contributed by atoms with E-state index in [1.165, 1.54) is 17.1 Å². The van der Waals surface area contributed by atoms with Crippen LogP contribution in [0.4, 0.5) is 14.6 Å². The van der Waals surface area contributed by atoms with Gasteiger partial charge in [-0.25, -0.2) is 18.6 Å². The highest BCUT2D eigenvalue weighted by atomic mass is 19.3. The lowest BCUT2D eigenvalue weighted by Gasteiger charge is -2.20. The standard InChI is InChI=1S/C15H14F2N4O2/c16-15(17)11-7-20(8-12(11)15)13-2-1-9(3-18-13)5-21-6-10(4-19-21)14(22)23/h1-4,6,11-12H,5,7-8H2,(H,22,23)/t11-,12?/m0/s1. The Bertz CT molecular complexity index is 745. The molecule has 8 heteroatoms. The summed E-state index contributed by atoms with van der Waals surface area (Å²) in [7, 11) is 0. The molecule has 0 spiro atoms. The first-order valence-electron chi connectivity index (χ1n) is 7.28. The largest absolute Gasteiger partial charge is 0.478 e. The molecule has 2 aromatic rings. The Labute approximate surface area is 130 Å².